The molecule has 614 valence electrons. The van der Waals surface area contributed by atoms with E-state index in [9.17, 15) is 38.4 Å². The largest absolute Gasteiger partial charge is 0.469 e. The zero-order valence-corrected chi connectivity index (χ0v) is 89.6. The van der Waals surface area contributed by atoms with Crippen molar-refractivity contribution >= 4 is 47.0 Å². The van der Waals surface area contributed by atoms with E-state index in [1.54, 1.807) is 0 Å². The number of ketones is 4. The van der Waals surface area contributed by atoms with Crippen molar-refractivity contribution in [2.75, 3.05) is 28.4 Å². The molecule has 0 radical (unpaired) electrons. The third kappa shape index (κ3) is 37.8. The van der Waals surface area contributed by atoms with Gasteiger partial charge < -0.3 is 37.0 Å². The summed E-state index contributed by atoms with van der Waals surface area (Å²) in [5, 5.41) is 16.2. The monoisotopic (exact) mass is 2460 g/mol. The van der Waals surface area contributed by atoms with Gasteiger partial charge in [-0.25, -0.2) is 0 Å². The molecule has 0 N–H and O–H groups in total. The Bertz CT molecular complexity index is 4160. The molecule has 0 aliphatic heterocycles. The van der Waals surface area contributed by atoms with Crippen LogP contribution in [0.5, 0.6) is 0 Å². The predicted octanol–water partition coefficient (Wildman–Crippen LogP) is 19.4. The number of ether oxygens (including phenoxy) is 4. The molecule has 113 heavy (non-hydrogen) atoms. The van der Waals surface area contributed by atoms with Crippen LogP contribution in [0.2, 0.25) is 0 Å². The summed E-state index contributed by atoms with van der Waals surface area (Å²) in [5.74, 6) is 0.338. The number of carbonyl (C=O) groups excluding carboxylic acids is 8. The van der Waals surface area contributed by atoms with Crippen LogP contribution < -0.4 is 0 Å². The Kier molecular flexibility index (Phi) is 60.5. The molecule has 8 aromatic rings. The second-order valence-electron chi connectivity index (χ2n) is 26.6. The van der Waals surface area contributed by atoms with E-state index in [-0.39, 0.29) is 247 Å². The van der Waals surface area contributed by atoms with E-state index >= 15 is 0 Å². The number of nitrogens with zero attached hydrogens (tertiary/aromatic N) is 4. The maximum Gasteiger partial charge on any atom is 0.306 e. The summed E-state index contributed by atoms with van der Waals surface area (Å²) in [7, 11) is 5.38. The Morgan fingerprint density at radius 1 is 0.283 bits per heavy atom. The Hall–Kier alpha value is -5.51. The Balaban J connectivity index is -0.000000672. The summed E-state index contributed by atoms with van der Waals surface area (Å²) in [6.45, 7) is 49.1. The summed E-state index contributed by atoms with van der Waals surface area (Å²) in [6, 6.07) is 22.2. The number of carbonyl (C=O) groups is 8. The molecule has 0 saturated carbocycles. The predicted molar refractivity (Wildman–Crippen MR) is 429 cm³/mol. The van der Waals surface area contributed by atoms with Gasteiger partial charge in [0.25, 0.3) is 0 Å². The molecule has 4 heterocycles. The van der Waals surface area contributed by atoms with E-state index < -0.39 is 0 Å². The van der Waals surface area contributed by atoms with Crippen LogP contribution in [0.4, 0.5) is 0 Å². The fourth-order valence-electron chi connectivity index (χ4n) is 11.9. The van der Waals surface area contributed by atoms with Crippen molar-refractivity contribution in [2.24, 2.45) is 0 Å². The van der Waals surface area contributed by atoms with Crippen molar-refractivity contribution in [3.8, 4) is 0 Å². The average Bonchev–Trinajstić information content (AvgIpc) is 1.79. The van der Waals surface area contributed by atoms with Crippen LogP contribution in [0.1, 0.15) is 271 Å². The van der Waals surface area contributed by atoms with Gasteiger partial charge in [0.05, 0.1) is 76.9 Å². The zero-order chi connectivity index (χ0) is 83.1. The number of rotatable bonds is 28. The minimum atomic E-state index is -0.357. The second-order valence-corrected chi connectivity index (χ2v) is 26.6. The van der Waals surface area contributed by atoms with Gasteiger partial charge in [-0.15, -0.1) is 0 Å². The first-order chi connectivity index (χ1) is 51.7. The second kappa shape index (κ2) is 60.0. The number of benzene rings is 4. The van der Waals surface area contributed by atoms with E-state index in [1.165, 1.54) is 50.7 Å². The Labute approximate surface area is 768 Å². The molecule has 0 aliphatic carbocycles. The first kappa shape index (κ1) is 114. The molecule has 4 unspecified atom stereocenters. The summed E-state index contributed by atoms with van der Waals surface area (Å²) < 4.78 is 40.0. The van der Waals surface area contributed by atoms with Crippen LogP contribution >= 0.6 is 0 Å². The van der Waals surface area contributed by atoms with Crippen LogP contribution in [0.15, 0.2) is 84.8 Å². The molecule has 4 atom stereocenters. The molecule has 0 bridgehead atoms. The first-order valence-electron chi connectivity index (χ1n) is 38.0. The average molecular weight is 2460 g/mol. The van der Waals surface area contributed by atoms with E-state index in [0.29, 0.717) is 71.5 Å². The smallest absolute Gasteiger partial charge is 0.306 e. The van der Waals surface area contributed by atoms with E-state index in [1.807, 2.05) is 220 Å². The van der Waals surface area contributed by atoms with Gasteiger partial charge in [-0.3, -0.25) is 38.4 Å². The molecule has 8 rings (SSSR count). The Morgan fingerprint density at radius 2 is 0.549 bits per heavy atom. The van der Waals surface area contributed by atoms with Gasteiger partial charge in [-0.2, -0.15) is 0 Å². The van der Waals surface area contributed by atoms with Crippen molar-refractivity contribution in [2.45, 2.75) is 274 Å². The quantitative estimate of drug-likeness (QED) is 0.0325. The number of esters is 4. The summed E-state index contributed by atoms with van der Waals surface area (Å²) in [6.07, 6.45) is 2.77. The van der Waals surface area contributed by atoms with E-state index in [0.717, 1.165) is 72.3 Å². The van der Waals surface area contributed by atoms with Crippen LogP contribution in [0, 0.1) is 242 Å². The fourth-order valence-corrected chi connectivity index (χ4v) is 11.9. The molecule has 0 amide bonds. The Morgan fingerprint density at radius 3 is 0.850 bits per heavy atom. The van der Waals surface area contributed by atoms with Gasteiger partial charge >= 0.3 is 23.9 Å². The maximum absolute atomic E-state index is 12.7. The molecule has 0 saturated heterocycles. The number of hydrogen-bond donors (Lipinski definition) is 0. The molecule has 4 aromatic heterocycles. The third-order valence-electron chi connectivity index (χ3n) is 19.2. The number of aromatic nitrogens is 4. The minimum Gasteiger partial charge on any atom is -0.469 e. The van der Waals surface area contributed by atoms with E-state index in [4.69, 9.17) is 37.0 Å². The van der Waals surface area contributed by atoms with Gasteiger partial charge in [0.15, 0.2) is 0 Å². The number of aryl methyl sites for hydroxylation is 10. The third-order valence-corrected chi connectivity index (χ3v) is 19.2. The van der Waals surface area contributed by atoms with Crippen LogP contribution in [-0.2, 0) is 83.0 Å². The van der Waals surface area contributed by atoms with E-state index in [2.05, 4.69) is 40.5 Å². The molecule has 4 aromatic carbocycles. The normalized spacial score (nSPS) is 11.0. The van der Waals surface area contributed by atoms with Gasteiger partial charge in [0.2, 0.25) is 0 Å². The first-order valence-corrected chi connectivity index (χ1v) is 38.0. The molecule has 24 heteroatoms. The van der Waals surface area contributed by atoms with Crippen LogP contribution in [0.25, 0.3) is 0 Å². The summed E-state index contributed by atoms with van der Waals surface area (Å²) in [5.41, 5.74) is 20.7. The van der Waals surface area contributed by atoms with Gasteiger partial charge in [0.1, 0.15) is 46.2 Å². The van der Waals surface area contributed by atoms with Crippen LogP contribution in [-0.4, -0.2) is 96.1 Å². The minimum absolute atomic E-state index is 0. The number of Topliss-reactive ketones (excluding diaryl/α,β-unsaturated/α-hetero) is 4. The van der Waals surface area contributed by atoms with Gasteiger partial charge in [0, 0.05) is 222 Å². The number of methoxy groups -OCH3 is 4. The van der Waals surface area contributed by atoms with Crippen molar-refractivity contribution in [3.63, 3.8) is 0 Å². The van der Waals surface area contributed by atoms with Gasteiger partial charge in [-0.1, -0.05) is 154 Å². The summed E-state index contributed by atoms with van der Waals surface area (Å²) in [4.78, 5) is 97.7. The van der Waals surface area contributed by atoms with Crippen molar-refractivity contribution in [1.82, 2.24) is 20.6 Å². The molecule has 0 fully saturated rings. The maximum atomic E-state index is 12.7. The standard InChI is InChI=1S/C21H27NO4.3C20H25NO4.4C2H6.4U/c1-12-7-8-17(14(3)13(12)2)9-19(23)10-18(11-20(24)25-6)21-15(4)16(5)26-22-21;1-12-6-7-16(13(2)8-12)9-18(22)10-17(11-19(23)24-5)20-14(3)15(4)25-21-20;1-12-6-7-13(2)16(8-12)9-18(22)10-17(11-19(23)24-5)20-14(3)15(4)25-21-20;1-12-7-6-8-16(13(12)2)9-18(22)10-17(11-19(23)24-5)20-14(3)15(4)25-21-20;4*1-2;;;;/h7-8,18H,9-11H2,1-6H3;3*6-8,17H,9-11H2,1-5H3;4*1-2H3;;;;. The molecule has 20 nitrogen and oxygen atoms in total. The molecular formula is C89H126N4O16U4. The number of hydrogen-bond acceptors (Lipinski definition) is 20. The van der Waals surface area contributed by atoms with Gasteiger partial charge in [-0.05, 0) is 179 Å². The molecular weight excluding hydrogens is 2330 g/mol. The van der Waals surface area contributed by atoms with Crippen LogP contribution in [0.3, 0.4) is 0 Å². The molecule has 0 spiro atoms. The topological polar surface area (TPSA) is 278 Å². The zero-order valence-electron chi connectivity index (χ0n) is 73.0. The fraction of sp³-hybridized carbons (Fsp3) is 0.506. The van der Waals surface area contributed by atoms with Crippen molar-refractivity contribution < 1.29 is 200 Å². The van der Waals surface area contributed by atoms with Crippen molar-refractivity contribution in [1.29, 1.82) is 0 Å². The molecule has 0 aliphatic rings. The van der Waals surface area contributed by atoms with Crippen molar-refractivity contribution in [3.05, 3.63) is 207 Å². The summed E-state index contributed by atoms with van der Waals surface area (Å²) >= 11 is 0. The SMILES string of the molecule is CC.CC.CC.CC.COC(=O)CC(CC(=O)Cc1cc(C)ccc1C)c1noc(C)c1C.COC(=O)CC(CC(=O)Cc1ccc(C)c(C)c1C)c1noc(C)c1C.COC(=O)CC(CC(=O)Cc1ccc(C)cc1C)c1noc(C)c1C.COC(=O)CC(CC(=O)Cc1cccc(C)c1C)c1noc(C)c1C.[U].[U].[U].[U].